The second kappa shape index (κ2) is 7.56. The molecule has 0 aliphatic rings. The lowest BCUT2D eigenvalue weighted by atomic mass is 9.80. The number of allylic oxidation sites excluding steroid dienone is 1. The van der Waals surface area contributed by atoms with Gasteiger partial charge in [0.05, 0.1) is 5.60 Å². The van der Waals surface area contributed by atoms with Crippen molar-refractivity contribution < 1.29 is 5.11 Å². The van der Waals surface area contributed by atoms with Gasteiger partial charge in [-0.2, -0.15) is 0 Å². The summed E-state index contributed by atoms with van der Waals surface area (Å²) >= 11 is 0. The molecular formula is C16H28O. The van der Waals surface area contributed by atoms with Gasteiger partial charge in [-0.15, -0.1) is 6.42 Å². The largest absolute Gasteiger partial charge is 0.390 e. The SMILES string of the molecule is C#CC(=C)C(C)C(CC)CC[C@](C)(O)CCC. The van der Waals surface area contributed by atoms with Gasteiger partial charge in [0, 0.05) is 0 Å². The highest BCUT2D eigenvalue weighted by Crippen LogP contribution is 2.30. The van der Waals surface area contributed by atoms with Crippen LogP contribution in [0.4, 0.5) is 0 Å². The fraction of sp³-hybridized carbons (Fsp3) is 0.750. The van der Waals surface area contributed by atoms with E-state index in [2.05, 4.69) is 33.3 Å². The van der Waals surface area contributed by atoms with Gasteiger partial charge in [0.25, 0.3) is 0 Å². The van der Waals surface area contributed by atoms with Crippen molar-refractivity contribution in [2.45, 2.75) is 65.4 Å². The van der Waals surface area contributed by atoms with E-state index in [1.807, 2.05) is 6.92 Å². The lowest BCUT2D eigenvalue weighted by molar-refractivity contribution is 0.0328. The van der Waals surface area contributed by atoms with Crippen molar-refractivity contribution in [1.82, 2.24) is 0 Å². The molecule has 0 radical (unpaired) electrons. The summed E-state index contributed by atoms with van der Waals surface area (Å²) in [5, 5.41) is 10.2. The summed E-state index contributed by atoms with van der Waals surface area (Å²) in [5.41, 5.74) is 0.353. The number of aliphatic hydroxyl groups is 1. The molecule has 1 heteroatoms. The molecule has 0 aliphatic carbocycles. The Hall–Kier alpha value is -0.740. The van der Waals surface area contributed by atoms with E-state index >= 15 is 0 Å². The molecule has 1 nitrogen and oxygen atoms in total. The van der Waals surface area contributed by atoms with Crippen molar-refractivity contribution in [2.75, 3.05) is 0 Å². The van der Waals surface area contributed by atoms with Crippen LogP contribution in [0, 0.1) is 24.2 Å². The average Bonchev–Trinajstić information content (AvgIpc) is 2.28. The lowest BCUT2D eigenvalue weighted by Crippen LogP contribution is -2.26. The minimum atomic E-state index is -0.528. The second-order valence-corrected chi connectivity index (χ2v) is 5.41. The normalized spacial score (nSPS) is 17.9. The van der Waals surface area contributed by atoms with Crippen molar-refractivity contribution in [3.8, 4) is 12.3 Å². The number of hydrogen-bond acceptors (Lipinski definition) is 1. The molecule has 0 saturated heterocycles. The molecule has 0 rings (SSSR count). The Bertz CT molecular complexity index is 270. The highest BCUT2D eigenvalue weighted by molar-refractivity contribution is 5.24. The lowest BCUT2D eigenvalue weighted by Gasteiger charge is -2.28. The van der Waals surface area contributed by atoms with E-state index in [1.165, 1.54) is 0 Å². The zero-order chi connectivity index (χ0) is 13.5. The predicted molar refractivity (Wildman–Crippen MR) is 75.7 cm³/mol. The van der Waals surface area contributed by atoms with Gasteiger partial charge < -0.3 is 5.11 Å². The minimum Gasteiger partial charge on any atom is -0.390 e. The molecule has 3 atom stereocenters. The van der Waals surface area contributed by atoms with Crippen molar-refractivity contribution in [1.29, 1.82) is 0 Å². The first-order chi connectivity index (χ1) is 7.87. The molecule has 1 N–H and O–H groups in total. The van der Waals surface area contributed by atoms with Crippen LogP contribution in [0.25, 0.3) is 0 Å². The average molecular weight is 236 g/mol. The minimum absolute atomic E-state index is 0.349. The van der Waals surface area contributed by atoms with E-state index in [4.69, 9.17) is 6.42 Å². The van der Waals surface area contributed by atoms with E-state index in [1.54, 1.807) is 0 Å². The van der Waals surface area contributed by atoms with Crippen LogP contribution in [0.3, 0.4) is 0 Å². The predicted octanol–water partition coefficient (Wildman–Crippen LogP) is 4.17. The van der Waals surface area contributed by atoms with Crippen LogP contribution in [0.2, 0.25) is 0 Å². The highest BCUT2D eigenvalue weighted by Gasteiger charge is 2.23. The smallest absolute Gasteiger partial charge is 0.0619 e. The summed E-state index contributed by atoms with van der Waals surface area (Å²) in [7, 11) is 0. The Morgan fingerprint density at radius 1 is 1.41 bits per heavy atom. The molecule has 0 fully saturated rings. The van der Waals surface area contributed by atoms with Gasteiger partial charge >= 0.3 is 0 Å². The fourth-order valence-corrected chi connectivity index (χ4v) is 2.38. The van der Waals surface area contributed by atoms with E-state index in [0.717, 1.165) is 37.7 Å². The molecule has 0 aromatic carbocycles. The van der Waals surface area contributed by atoms with Gasteiger partial charge in [-0.3, -0.25) is 0 Å². The van der Waals surface area contributed by atoms with Gasteiger partial charge in [-0.25, -0.2) is 0 Å². The maximum absolute atomic E-state index is 10.2. The number of terminal acetylenes is 1. The van der Waals surface area contributed by atoms with Gasteiger partial charge in [0.2, 0.25) is 0 Å². The van der Waals surface area contributed by atoms with E-state index in [9.17, 15) is 5.11 Å². The first-order valence-corrected chi connectivity index (χ1v) is 6.75. The maximum atomic E-state index is 10.2. The van der Waals surface area contributed by atoms with Gasteiger partial charge in [0.1, 0.15) is 0 Å². The Balaban J connectivity index is 4.33. The van der Waals surface area contributed by atoms with Crippen LogP contribution in [0.1, 0.15) is 59.8 Å². The molecule has 0 aromatic heterocycles. The molecule has 0 spiro atoms. The summed E-state index contributed by atoms with van der Waals surface area (Å²) < 4.78 is 0. The maximum Gasteiger partial charge on any atom is 0.0619 e. The molecular weight excluding hydrogens is 208 g/mol. The Kier molecular flexibility index (Phi) is 7.23. The standard InChI is InChI=1S/C16H28O/c1-7-11-16(6,17)12-10-15(9-3)14(5)13(4)8-2/h2,14-15,17H,4,7,9-12H2,1,3,5-6H3/t14?,15?,16-/m1/s1. The van der Waals surface area contributed by atoms with E-state index < -0.39 is 5.60 Å². The van der Waals surface area contributed by atoms with Crippen LogP contribution in [0.5, 0.6) is 0 Å². The van der Waals surface area contributed by atoms with Crippen LogP contribution >= 0.6 is 0 Å². The van der Waals surface area contributed by atoms with Crippen LogP contribution in [-0.2, 0) is 0 Å². The Labute approximate surface area is 107 Å². The van der Waals surface area contributed by atoms with E-state index in [-0.39, 0.29) is 0 Å². The molecule has 0 heterocycles. The summed E-state index contributed by atoms with van der Waals surface area (Å²) in [6.45, 7) is 12.3. The van der Waals surface area contributed by atoms with Crippen LogP contribution in [0.15, 0.2) is 12.2 Å². The quantitative estimate of drug-likeness (QED) is 0.627. The summed E-state index contributed by atoms with van der Waals surface area (Å²) in [6, 6.07) is 0. The number of rotatable bonds is 8. The van der Waals surface area contributed by atoms with Crippen LogP contribution < -0.4 is 0 Å². The molecule has 0 saturated carbocycles. The molecule has 0 bridgehead atoms. The van der Waals surface area contributed by atoms with Crippen molar-refractivity contribution in [3.63, 3.8) is 0 Å². The number of hydrogen-bond donors (Lipinski definition) is 1. The Morgan fingerprint density at radius 3 is 2.41 bits per heavy atom. The second-order valence-electron chi connectivity index (χ2n) is 5.41. The zero-order valence-corrected chi connectivity index (χ0v) is 11.9. The molecule has 0 aliphatic heterocycles. The third-order valence-electron chi connectivity index (χ3n) is 3.81. The third-order valence-corrected chi connectivity index (χ3v) is 3.81. The summed E-state index contributed by atoms with van der Waals surface area (Å²) in [5.74, 6) is 3.52. The first kappa shape index (κ1) is 16.3. The third kappa shape index (κ3) is 5.94. The monoisotopic (exact) mass is 236 g/mol. The van der Waals surface area contributed by atoms with Gasteiger partial charge in [-0.1, -0.05) is 46.1 Å². The molecule has 98 valence electrons. The van der Waals surface area contributed by atoms with Crippen molar-refractivity contribution in [3.05, 3.63) is 12.2 Å². The summed E-state index contributed by atoms with van der Waals surface area (Å²) in [4.78, 5) is 0. The zero-order valence-electron chi connectivity index (χ0n) is 11.9. The van der Waals surface area contributed by atoms with Crippen LogP contribution in [-0.4, -0.2) is 10.7 Å². The van der Waals surface area contributed by atoms with E-state index in [0.29, 0.717) is 11.8 Å². The van der Waals surface area contributed by atoms with Crippen molar-refractivity contribution >= 4 is 0 Å². The van der Waals surface area contributed by atoms with Crippen molar-refractivity contribution in [2.24, 2.45) is 11.8 Å². The highest BCUT2D eigenvalue weighted by atomic mass is 16.3. The van der Waals surface area contributed by atoms with Gasteiger partial charge in [0.15, 0.2) is 0 Å². The molecule has 2 unspecified atom stereocenters. The molecule has 17 heavy (non-hydrogen) atoms. The first-order valence-electron chi connectivity index (χ1n) is 6.75. The molecule has 0 aromatic rings. The summed E-state index contributed by atoms with van der Waals surface area (Å²) in [6.07, 6.45) is 10.2. The fourth-order valence-electron chi connectivity index (χ4n) is 2.38. The molecule has 0 amide bonds. The van der Waals surface area contributed by atoms with Gasteiger partial charge in [-0.05, 0) is 43.6 Å². The Morgan fingerprint density at radius 2 is 2.00 bits per heavy atom. The topological polar surface area (TPSA) is 20.2 Å².